The molecule has 1 unspecified atom stereocenters. The van der Waals surface area contributed by atoms with Gasteiger partial charge in [0.2, 0.25) is 5.89 Å². The molecule has 9 heteroatoms. The minimum absolute atomic E-state index is 0.0210. The van der Waals surface area contributed by atoms with E-state index < -0.39 is 0 Å². The number of rotatable bonds is 7. The maximum absolute atomic E-state index is 13.4. The number of H-pyrrole nitrogens is 1. The van der Waals surface area contributed by atoms with Crippen LogP contribution in [-0.4, -0.2) is 37.9 Å². The Morgan fingerprint density at radius 1 is 1.24 bits per heavy atom. The van der Waals surface area contributed by atoms with Crippen LogP contribution in [0.4, 0.5) is 0 Å². The standard InChI is InChI=1S/C29H26N6O3/c1-18-33-28(34-38-18)21-6-4-7-23(12-21)35-17-26(29(36)30-14-19-5-3-8-24(11-19)37-2)25-10-9-20(13-27(25)35)22-15-31-32-16-22/h3-11,13,15-17,21H,12,14H2,1-2H3,(H,30,36)(H,31,32). The second-order valence-corrected chi connectivity index (χ2v) is 9.19. The first-order chi connectivity index (χ1) is 18.6. The summed E-state index contributed by atoms with van der Waals surface area (Å²) in [5.74, 6) is 1.77. The Balaban J connectivity index is 1.36. The highest BCUT2D eigenvalue weighted by molar-refractivity contribution is 6.08. The van der Waals surface area contributed by atoms with E-state index in [1.807, 2.05) is 54.9 Å². The molecule has 3 aromatic heterocycles. The Hall–Kier alpha value is -4.92. The second-order valence-electron chi connectivity index (χ2n) is 9.19. The first kappa shape index (κ1) is 23.5. The number of fused-ring (bicyclic) bond motifs is 1. The number of benzene rings is 2. The van der Waals surface area contributed by atoms with Gasteiger partial charge in [0.15, 0.2) is 5.82 Å². The maximum Gasteiger partial charge on any atom is 0.253 e. The molecule has 6 rings (SSSR count). The van der Waals surface area contributed by atoms with Crippen LogP contribution in [0.3, 0.4) is 0 Å². The highest BCUT2D eigenvalue weighted by Gasteiger charge is 2.23. The van der Waals surface area contributed by atoms with Crippen LogP contribution in [-0.2, 0) is 6.54 Å². The first-order valence-corrected chi connectivity index (χ1v) is 12.3. The van der Waals surface area contributed by atoms with Crippen molar-refractivity contribution in [1.82, 2.24) is 30.2 Å². The van der Waals surface area contributed by atoms with Crippen molar-refractivity contribution in [3.8, 4) is 16.9 Å². The number of ether oxygens (including phenoxy) is 1. The number of allylic oxidation sites excluding steroid dienone is 4. The molecule has 1 atom stereocenters. The molecule has 38 heavy (non-hydrogen) atoms. The summed E-state index contributed by atoms with van der Waals surface area (Å²) in [5, 5.41) is 15.0. The molecule has 5 aromatic rings. The van der Waals surface area contributed by atoms with E-state index in [4.69, 9.17) is 9.26 Å². The molecule has 0 saturated carbocycles. The van der Waals surface area contributed by atoms with Gasteiger partial charge in [0.25, 0.3) is 5.91 Å². The summed E-state index contributed by atoms with van der Waals surface area (Å²) in [6.45, 7) is 2.17. The van der Waals surface area contributed by atoms with Crippen molar-refractivity contribution in [2.24, 2.45) is 0 Å². The van der Waals surface area contributed by atoms with E-state index in [1.165, 1.54) is 0 Å². The van der Waals surface area contributed by atoms with Crippen LogP contribution in [0, 0.1) is 6.92 Å². The molecule has 0 aliphatic heterocycles. The van der Waals surface area contributed by atoms with Gasteiger partial charge >= 0.3 is 0 Å². The molecule has 2 aromatic carbocycles. The first-order valence-electron chi connectivity index (χ1n) is 12.3. The third kappa shape index (κ3) is 4.50. The van der Waals surface area contributed by atoms with Crippen molar-refractivity contribution in [3.05, 3.63) is 102 Å². The number of hydrogen-bond acceptors (Lipinski definition) is 6. The Bertz CT molecular complexity index is 1680. The van der Waals surface area contributed by atoms with Gasteiger partial charge in [-0.05, 0) is 35.4 Å². The normalized spacial score (nSPS) is 15.0. The van der Waals surface area contributed by atoms with Crippen molar-refractivity contribution in [3.63, 3.8) is 0 Å². The zero-order chi connectivity index (χ0) is 26.1. The third-order valence-corrected chi connectivity index (χ3v) is 6.71. The smallest absolute Gasteiger partial charge is 0.253 e. The fourth-order valence-electron chi connectivity index (χ4n) is 4.78. The van der Waals surface area contributed by atoms with E-state index in [9.17, 15) is 4.79 Å². The summed E-state index contributed by atoms with van der Waals surface area (Å²) < 4.78 is 12.6. The average molecular weight is 507 g/mol. The van der Waals surface area contributed by atoms with Crippen LogP contribution in [0.2, 0.25) is 0 Å². The largest absolute Gasteiger partial charge is 0.497 e. The summed E-state index contributed by atoms with van der Waals surface area (Å²) in [6.07, 6.45) is 12.3. The molecule has 1 aliphatic carbocycles. The van der Waals surface area contributed by atoms with E-state index in [0.717, 1.165) is 39.0 Å². The number of amides is 1. The molecule has 0 fully saturated rings. The van der Waals surface area contributed by atoms with Crippen LogP contribution in [0.25, 0.3) is 27.7 Å². The molecule has 1 amide bonds. The van der Waals surface area contributed by atoms with Crippen LogP contribution < -0.4 is 10.1 Å². The maximum atomic E-state index is 13.4. The zero-order valence-corrected chi connectivity index (χ0v) is 21.0. The molecular weight excluding hydrogens is 480 g/mol. The fourth-order valence-corrected chi connectivity index (χ4v) is 4.78. The minimum atomic E-state index is -0.148. The highest BCUT2D eigenvalue weighted by atomic mass is 16.5. The molecule has 1 aliphatic rings. The van der Waals surface area contributed by atoms with Gasteiger partial charge in [-0.25, -0.2) is 0 Å². The molecule has 0 spiro atoms. The molecule has 0 radical (unpaired) electrons. The summed E-state index contributed by atoms with van der Waals surface area (Å²) >= 11 is 0. The minimum Gasteiger partial charge on any atom is -0.497 e. The lowest BCUT2D eigenvalue weighted by Gasteiger charge is -2.18. The average Bonchev–Trinajstić information content (AvgIpc) is 3.72. The number of aryl methyl sites for hydroxylation is 1. The Labute approximate surface area is 218 Å². The second kappa shape index (κ2) is 9.85. The Morgan fingerprint density at radius 2 is 2.16 bits per heavy atom. The van der Waals surface area contributed by atoms with Crippen molar-refractivity contribution < 1.29 is 14.1 Å². The summed E-state index contributed by atoms with van der Waals surface area (Å²) in [7, 11) is 1.63. The van der Waals surface area contributed by atoms with Gasteiger partial charge in [0.1, 0.15) is 5.75 Å². The van der Waals surface area contributed by atoms with E-state index in [-0.39, 0.29) is 11.8 Å². The van der Waals surface area contributed by atoms with Crippen molar-refractivity contribution in [2.45, 2.75) is 25.8 Å². The lowest BCUT2D eigenvalue weighted by Crippen LogP contribution is -2.22. The fraction of sp³-hybridized carbons (Fsp3) is 0.172. The van der Waals surface area contributed by atoms with Gasteiger partial charge in [0.05, 0.1) is 24.4 Å². The van der Waals surface area contributed by atoms with Crippen LogP contribution >= 0.6 is 0 Å². The number of aromatic nitrogens is 5. The van der Waals surface area contributed by atoms with Gasteiger partial charge in [0, 0.05) is 54.8 Å². The summed E-state index contributed by atoms with van der Waals surface area (Å²) in [6, 6.07) is 13.8. The molecule has 2 N–H and O–H groups in total. The van der Waals surface area contributed by atoms with Crippen LogP contribution in [0.1, 0.15) is 40.0 Å². The van der Waals surface area contributed by atoms with E-state index in [2.05, 4.69) is 48.4 Å². The monoisotopic (exact) mass is 506 g/mol. The van der Waals surface area contributed by atoms with E-state index in [1.54, 1.807) is 20.2 Å². The van der Waals surface area contributed by atoms with Gasteiger partial charge in [-0.3, -0.25) is 9.89 Å². The molecule has 0 saturated heterocycles. The number of carbonyl (C=O) groups excluding carboxylic acids is 1. The number of carbonyl (C=O) groups is 1. The summed E-state index contributed by atoms with van der Waals surface area (Å²) in [4.78, 5) is 17.9. The molecule has 190 valence electrons. The molecule has 3 heterocycles. The molecular formula is C29H26N6O3. The van der Waals surface area contributed by atoms with Crippen molar-refractivity contribution in [2.75, 3.05) is 7.11 Å². The molecule has 0 bridgehead atoms. The van der Waals surface area contributed by atoms with Crippen LogP contribution in [0.15, 0.2) is 83.8 Å². The lowest BCUT2D eigenvalue weighted by molar-refractivity contribution is 0.0952. The number of aromatic amines is 1. The van der Waals surface area contributed by atoms with Crippen molar-refractivity contribution in [1.29, 1.82) is 0 Å². The van der Waals surface area contributed by atoms with Gasteiger partial charge in [-0.1, -0.05) is 41.6 Å². The highest BCUT2D eigenvalue weighted by Crippen LogP contribution is 2.35. The number of hydrogen-bond donors (Lipinski definition) is 2. The zero-order valence-electron chi connectivity index (χ0n) is 21.0. The predicted octanol–water partition coefficient (Wildman–Crippen LogP) is 5.25. The quantitative estimate of drug-likeness (QED) is 0.312. The Kier molecular flexibility index (Phi) is 6.09. The van der Waals surface area contributed by atoms with E-state index in [0.29, 0.717) is 30.2 Å². The van der Waals surface area contributed by atoms with E-state index >= 15 is 0 Å². The predicted molar refractivity (Wildman–Crippen MR) is 143 cm³/mol. The topological polar surface area (TPSA) is 111 Å². The van der Waals surface area contributed by atoms with Gasteiger partial charge in [-0.2, -0.15) is 10.1 Å². The number of nitrogens with one attached hydrogen (secondary N) is 2. The molecule has 9 nitrogen and oxygen atoms in total. The summed E-state index contributed by atoms with van der Waals surface area (Å²) in [5.41, 5.74) is 5.50. The van der Waals surface area contributed by atoms with Crippen molar-refractivity contribution >= 4 is 22.5 Å². The van der Waals surface area contributed by atoms with Gasteiger partial charge < -0.3 is 19.1 Å². The van der Waals surface area contributed by atoms with Gasteiger partial charge in [-0.15, -0.1) is 0 Å². The number of nitrogens with zero attached hydrogens (tertiary/aromatic N) is 4. The Morgan fingerprint density at radius 3 is 2.95 bits per heavy atom. The van der Waals surface area contributed by atoms with Crippen LogP contribution in [0.5, 0.6) is 5.75 Å². The number of methoxy groups -OCH3 is 1. The third-order valence-electron chi connectivity index (χ3n) is 6.71. The SMILES string of the molecule is COc1cccc(CNC(=O)c2cn(C3=CC=CC(c4noc(C)n4)C3)c3cc(-c4cn[nH]c4)ccc23)c1. The lowest BCUT2D eigenvalue weighted by atomic mass is 9.97.